The van der Waals surface area contributed by atoms with Gasteiger partial charge in [-0.25, -0.2) is 4.79 Å². The summed E-state index contributed by atoms with van der Waals surface area (Å²) in [5.74, 6) is -1.37. The van der Waals surface area contributed by atoms with Gasteiger partial charge in [0.1, 0.15) is 12.7 Å². The SMILES string of the molecule is CC(=O)O[C@H]1C(O)O[C@H](COC(=O)c2ccccc2)[C@H]1CCOCc1ccccc1. The number of carbonyl (C=O) groups is 2. The van der Waals surface area contributed by atoms with Gasteiger partial charge < -0.3 is 24.1 Å². The van der Waals surface area contributed by atoms with Crippen LogP contribution in [-0.4, -0.2) is 48.8 Å². The topological polar surface area (TPSA) is 91.3 Å². The Morgan fingerprint density at radius 3 is 2.37 bits per heavy atom. The molecule has 1 fully saturated rings. The predicted octanol–water partition coefficient (Wildman–Crippen LogP) is 2.72. The van der Waals surface area contributed by atoms with Gasteiger partial charge in [0.05, 0.1) is 12.2 Å². The van der Waals surface area contributed by atoms with Crippen molar-refractivity contribution in [1.29, 1.82) is 0 Å². The van der Waals surface area contributed by atoms with Crippen LogP contribution in [-0.2, 0) is 30.3 Å². The third-order valence-corrected chi connectivity index (χ3v) is 4.89. The largest absolute Gasteiger partial charge is 0.459 e. The lowest BCUT2D eigenvalue weighted by molar-refractivity contribution is -0.169. The monoisotopic (exact) mass is 414 g/mol. The summed E-state index contributed by atoms with van der Waals surface area (Å²) in [6, 6.07) is 18.4. The van der Waals surface area contributed by atoms with Gasteiger partial charge >= 0.3 is 11.9 Å². The lowest BCUT2D eigenvalue weighted by Gasteiger charge is -2.22. The van der Waals surface area contributed by atoms with E-state index in [4.69, 9.17) is 18.9 Å². The highest BCUT2D eigenvalue weighted by molar-refractivity contribution is 5.89. The molecule has 1 saturated heterocycles. The molecule has 0 spiro atoms. The molecule has 0 radical (unpaired) electrons. The molecule has 1 heterocycles. The van der Waals surface area contributed by atoms with E-state index in [1.165, 1.54) is 6.92 Å². The second-order valence-corrected chi connectivity index (χ2v) is 7.09. The summed E-state index contributed by atoms with van der Waals surface area (Å²) in [7, 11) is 0. The highest BCUT2D eigenvalue weighted by atomic mass is 16.7. The smallest absolute Gasteiger partial charge is 0.338 e. The highest BCUT2D eigenvalue weighted by Crippen LogP contribution is 2.32. The predicted molar refractivity (Wildman–Crippen MR) is 107 cm³/mol. The molecule has 3 rings (SSSR count). The zero-order valence-electron chi connectivity index (χ0n) is 16.8. The average molecular weight is 414 g/mol. The summed E-state index contributed by atoms with van der Waals surface area (Å²) < 4.78 is 21.9. The highest BCUT2D eigenvalue weighted by Gasteiger charge is 2.46. The van der Waals surface area contributed by atoms with Gasteiger partial charge in [-0.1, -0.05) is 48.5 Å². The summed E-state index contributed by atoms with van der Waals surface area (Å²) in [5.41, 5.74) is 1.47. The third-order valence-electron chi connectivity index (χ3n) is 4.89. The van der Waals surface area contributed by atoms with Gasteiger partial charge in [0.15, 0.2) is 12.4 Å². The molecule has 1 aliphatic heterocycles. The summed E-state index contributed by atoms with van der Waals surface area (Å²) in [6.07, 6.45) is -2.27. The Morgan fingerprint density at radius 2 is 1.70 bits per heavy atom. The van der Waals surface area contributed by atoms with Crippen molar-refractivity contribution in [2.45, 2.75) is 38.4 Å². The molecule has 1 unspecified atom stereocenters. The van der Waals surface area contributed by atoms with Crippen LogP contribution in [0.5, 0.6) is 0 Å². The van der Waals surface area contributed by atoms with Gasteiger partial charge in [0, 0.05) is 19.4 Å². The van der Waals surface area contributed by atoms with Crippen LogP contribution in [0.15, 0.2) is 60.7 Å². The molecular formula is C23H26O7. The Hall–Kier alpha value is -2.74. The second kappa shape index (κ2) is 10.9. The Balaban J connectivity index is 1.57. The van der Waals surface area contributed by atoms with Crippen LogP contribution in [0.2, 0.25) is 0 Å². The molecule has 4 atom stereocenters. The van der Waals surface area contributed by atoms with Crippen molar-refractivity contribution in [3.05, 3.63) is 71.8 Å². The van der Waals surface area contributed by atoms with Gasteiger partial charge in [-0.15, -0.1) is 0 Å². The number of esters is 2. The molecule has 1 aliphatic rings. The zero-order chi connectivity index (χ0) is 21.3. The zero-order valence-corrected chi connectivity index (χ0v) is 16.8. The Morgan fingerprint density at radius 1 is 1.03 bits per heavy atom. The van der Waals surface area contributed by atoms with Gasteiger partial charge in [-0.3, -0.25) is 4.79 Å². The molecule has 0 bridgehead atoms. The summed E-state index contributed by atoms with van der Waals surface area (Å²) in [5, 5.41) is 10.2. The lowest BCUT2D eigenvalue weighted by Crippen LogP contribution is -2.34. The lowest BCUT2D eigenvalue weighted by atomic mass is 9.95. The molecule has 160 valence electrons. The minimum Gasteiger partial charge on any atom is -0.459 e. The molecule has 2 aromatic rings. The first kappa shape index (κ1) is 22.0. The molecule has 0 aromatic heterocycles. The minimum atomic E-state index is -1.28. The van der Waals surface area contributed by atoms with E-state index in [-0.39, 0.29) is 12.5 Å². The van der Waals surface area contributed by atoms with Gasteiger partial charge in [0.2, 0.25) is 0 Å². The molecule has 1 N–H and O–H groups in total. The van der Waals surface area contributed by atoms with Crippen LogP contribution in [0.3, 0.4) is 0 Å². The summed E-state index contributed by atoms with van der Waals surface area (Å²) in [6.45, 7) is 2.03. The van der Waals surface area contributed by atoms with Gasteiger partial charge in [0.25, 0.3) is 0 Å². The normalized spacial score (nSPS) is 23.1. The number of aliphatic hydroxyl groups is 1. The first-order valence-electron chi connectivity index (χ1n) is 9.89. The van der Waals surface area contributed by atoms with E-state index in [0.717, 1.165) is 5.56 Å². The third kappa shape index (κ3) is 6.13. The van der Waals surface area contributed by atoms with Crippen LogP contribution in [0.25, 0.3) is 0 Å². The van der Waals surface area contributed by atoms with E-state index in [1.54, 1.807) is 24.3 Å². The molecule has 30 heavy (non-hydrogen) atoms. The quantitative estimate of drug-likeness (QED) is 0.498. The number of hydrogen-bond acceptors (Lipinski definition) is 7. The maximum atomic E-state index is 12.2. The van der Waals surface area contributed by atoms with E-state index in [2.05, 4.69) is 0 Å². The van der Waals surface area contributed by atoms with Gasteiger partial charge in [-0.05, 0) is 24.1 Å². The van der Waals surface area contributed by atoms with E-state index in [0.29, 0.717) is 25.2 Å². The molecule has 7 heteroatoms. The number of rotatable bonds is 9. The molecule has 0 amide bonds. The molecule has 0 aliphatic carbocycles. The summed E-state index contributed by atoms with van der Waals surface area (Å²) in [4.78, 5) is 23.7. The van der Waals surface area contributed by atoms with Gasteiger partial charge in [-0.2, -0.15) is 0 Å². The minimum absolute atomic E-state index is 0.0636. The van der Waals surface area contributed by atoms with Crippen molar-refractivity contribution in [1.82, 2.24) is 0 Å². The number of benzene rings is 2. The Bertz CT molecular complexity index is 809. The van der Waals surface area contributed by atoms with Crippen molar-refractivity contribution in [3.63, 3.8) is 0 Å². The Kier molecular flexibility index (Phi) is 7.96. The van der Waals surface area contributed by atoms with E-state index >= 15 is 0 Å². The maximum absolute atomic E-state index is 12.2. The maximum Gasteiger partial charge on any atom is 0.338 e. The number of carbonyl (C=O) groups excluding carboxylic acids is 2. The van der Waals surface area contributed by atoms with Crippen LogP contribution in [0.4, 0.5) is 0 Å². The van der Waals surface area contributed by atoms with Crippen LogP contribution < -0.4 is 0 Å². The average Bonchev–Trinajstić information content (AvgIpc) is 3.04. The first-order valence-corrected chi connectivity index (χ1v) is 9.89. The van der Waals surface area contributed by atoms with Crippen molar-refractivity contribution >= 4 is 11.9 Å². The fourth-order valence-corrected chi connectivity index (χ4v) is 3.43. The van der Waals surface area contributed by atoms with E-state index in [1.807, 2.05) is 36.4 Å². The number of ether oxygens (including phenoxy) is 4. The van der Waals surface area contributed by atoms with Crippen molar-refractivity contribution in [2.75, 3.05) is 13.2 Å². The Labute approximate surface area is 175 Å². The fraction of sp³-hybridized carbons (Fsp3) is 0.391. The van der Waals surface area contributed by atoms with Crippen molar-refractivity contribution in [2.24, 2.45) is 5.92 Å². The first-order chi connectivity index (χ1) is 14.5. The fourth-order valence-electron chi connectivity index (χ4n) is 3.43. The van der Waals surface area contributed by atoms with Crippen molar-refractivity contribution < 1.29 is 33.6 Å². The molecule has 2 aromatic carbocycles. The van der Waals surface area contributed by atoms with Crippen molar-refractivity contribution in [3.8, 4) is 0 Å². The second-order valence-electron chi connectivity index (χ2n) is 7.09. The molecule has 0 saturated carbocycles. The molecule has 7 nitrogen and oxygen atoms in total. The molecular weight excluding hydrogens is 388 g/mol. The van der Waals surface area contributed by atoms with Crippen LogP contribution in [0.1, 0.15) is 29.3 Å². The number of hydrogen-bond donors (Lipinski definition) is 1. The standard InChI is InChI=1S/C23H26O7/c1-16(24)29-21-19(12-13-27-14-17-8-4-2-5-9-17)20(30-23(21)26)15-28-22(25)18-10-6-3-7-11-18/h2-11,19-21,23,26H,12-15H2,1H3/t19-,20-,21-,23?/m1/s1. The number of aliphatic hydroxyl groups excluding tert-OH is 1. The van der Waals surface area contributed by atoms with E-state index in [9.17, 15) is 14.7 Å². The van der Waals surface area contributed by atoms with Crippen LogP contribution in [0, 0.1) is 5.92 Å². The summed E-state index contributed by atoms with van der Waals surface area (Å²) >= 11 is 0. The van der Waals surface area contributed by atoms with E-state index < -0.39 is 30.4 Å². The van der Waals surface area contributed by atoms with Crippen LogP contribution >= 0.6 is 0 Å².